The molecule has 4 aliphatic carbocycles. The highest BCUT2D eigenvalue weighted by molar-refractivity contribution is 6.04. The number of ketones is 2. The first kappa shape index (κ1) is 22.8. The quantitative estimate of drug-likeness (QED) is 0.659. The largest absolute Gasteiger partial charge is 0.326 e. The van der Waals surface area contributed by atoms with E-state index in [0.717, 1.165) is 11.1 Å². The molecule has 6 nitrogen and oxygen atoms in total. The summed E-state index contributed by atoms with van der Waals surface area (Å²) in [5.41, 5.74) is 3.83. The number of hydrogen-bond acceptors (Lipinski definition) is 4. The van der Waals surface area contributed by atoms with Crippen LogP contribution in [0.3, 0.4) is 0 Å². The summed E-state index contributed by atoms with van der Waals surface area (Å²) in [6, 6.07) is 6.41. The van der Waals surface area contributed by atoms with Crippen LogP contribution in [0.5, 0.6) is 0 Å². The van der Waals surface area contributed by atoms with Gasteiger partial charge in [0.25, 0.3) is 11.8 Å². The van der Waals surface area contributed by atoms with Crippen LogP contribution in [0.4, 0.5) is 0 Å². The third-order valence-corrected chi connectivity index (χ3v) is 8.95. The van der Waals surface area contributed by atoms with E-state index in [2.05, 4.69) is 38.3 Å². The Balaban J connectivity index is 1.26. The zero-order valence-electron chi connectivity index (χ0n) is 20.7. The van der Waals surface area contributed by atoms with Crippen LogP contribution in [0.25, 0.3) is 0 Å². The van der Waals surface area contributed by atoms with Crippen LogP contribution in [0.15, 0.2) is 46.8 Å². The first-order chi connectivity index (χ1) is 15.9. The molecular formula is C28H32N2O4. The summed E-state index contributed by atoms with van der Waals surface area (Å²) in [5, 5.41) is 5.76. The summed E-state index contributed by atoms with van der Waals surface area (Å²) in [4.78, 5) is 50.3. The van der Waals surface area contributed by atoms with Gasteiger partial charge in [0.05, 0.1) is 0 Å². The molecule has 1 aromatic rings. The molecule has 2 amide bonds. The summed E-state index contributed by atoms with van der Waals surface area (Å²) >= 11 is 0. The van der Waals surface area contributed by atoms with Crippen molar-refractivity contribution in [3.8, 4) is 0 Å². The van der Waals surface area contributed by atoms with Gasteiger partial charge in [-0.15, -0.1) is 0 Å². The predicted octanol–water partition coefficient (Wildman–Crippen LogP) is 4.18. The van der Waals surface area contributed by atoms with Gasteiger partial charge in [-0.05, 0) is 72.6 Å². The Morgan fingerprint density at radius 2 is 1.03 bits per heavy atom. The summed E-state index contributed by atoms with van der Waals surface area (Å²) in [6.07, 6.45) is 1.12. The number of Topliss-reactive ketones (excluding diaryl/α,β-unsaturated/α-hetero) is 2. The second kappa shape index (κ2) is 7.24. The molecule has 1 aromatic carbocycles. The molecule has 0 aromatic heterocycles. The molecule has 0 aliphatic heterocycles. The minimum Gasteiger partial charge on any atom is -0.326 e. The third kappa shape index (κ3) is 3.29. The second-order valence-corrected chi connectivity index (χ2v) is 11.6. The number of nitrogens with one attached hydrogen (secondary N) is 2. The topological polar surface area (TPSA) is 92.3 Å². The third-order valence-electron chi connectivity index (χ3n) is 8.95. The number of carbonyl (C=O) groups is 4. The van der Waals surface area contributed by atoms with Crippen molar-refractivity contribution in [3.05, 3.63) is 57.9 Å². The van der Waals surface area contributed by atoms with Crippen molar-refractivity contribution in [1.29, 1.82) is 0 Å². The van der Waals surface area contributed by atoms with E-state index in [1.165, 1.54) is 0 Å². The van der Waals surface area contributed by atoms with Crippen LogP contribution in [0, 0.1) is 34.5 Å². The Morgan fingerprint density at radius 3 is 1.32 bits per heavy atom. The van der Waals surface area contributed by atoms with E-state index in [4.69, 9.17) is 0 Å². The van der Waals surface area contributed by atoms with Gasteiger partial charge in [0.15, 0.2) is 11.6 Å². The number of carbonyl (C=O) groups excluding carboxylic acids is 4. The van der Waals surface area contributed by atoms with Crippen molar-refractivity contribution in [2.24, 2.45) is 34.5 Å². The Bertz CT molecular complexity index is 1120. The highest BCUT2D eigenvalue weighted by Gasteiger charge is 2.66. The molecule has 4 saturated carbocycles. The van der Waals surface area contributed by atoms with Crippen molar-refractivity contribution >= 4 is 23.4 Å². The lowest BCUT2D eigenvalue weighted by Crippen LogP contribution is -2.26. The van der Waals surface area contributed by atoms with Crippen molar-refractivity contribution in [2.75, 3.05) is 0 Å². The molecule has 178 valence electrons. The molecule has 0 unspecified atom stereocenters. The van der Waals surface area contributed by atoms with E-state index in [0.29, 0.717) is 47.2 Å². The van der Waals surface area contributed by atoms with E-state index >= 15 is 0 Å². The maximum Gasteiger partial charge on any atom is 0.255 e. The van der Waals surface area contributed by atoms with E-state index in [-0.39, 0.29) is 46.0 Å². The molecular weight excluding hydrogens is 428 g/mol. The predicted molar refractivity (Wildman–Crippen MR) is 128 cm³/mol. The number of amides is 2. The summed E-state index contributed by atoms with van der Waals surface area (Å²) in [6.45, 7) is 12.2. The fourth-order valence-electron chi connectivity index (χ4n) is 6.64. The number of allylic oxidation sites excluding steroid dienone is 4. The molecule has 6 heteroatoms. The standard InChI is InChI=1S/C28H32N2O4/c1-13(21-19(31)11-17-23(21)27(17,3)4)29-25(33)15-7-9-16(10-8-15)26(34)30-14(2)22-20(32)12-18-24(22)28(18,5)6/h7-10,17-18,23-24H,11-12H2,1-6H3,(H,29,33)(H,30,34)/t17-,18-,23+,24+/m0/s1. The molecule has 4 fully saturated rings. The number of benzene rings is 1. The van der Waals surface area contributed by atoms with Gasteiger partial charge < -0.3 is 10.6 Å². The second-order valence-electron chi connectivity index (χ2n) is 11.6. The van der Waals surface area contributed by atoms with Crippen LogP contribution in [-0.2, 0) is 9.59 Å². The normalized spacial score (nSPS) is 32.5. The Kier molecular flexibility index (Phi) is 4.84. The molecule has 0 bridgehead atoms. The smallest absolute Gasteiger partial charge is 0.255 e. The van der Waals surface area contributed by atoms with Crippen molar-refractivity contribution < 1.29 is 19.2 Å². The van der Waals surface area contributed by atoms with E-state index < -0.39 is 0 Å². The molecule has 4 atom stereocenters. The zero-order valence-corrected chi connectivity index (χ0v) is 20.7. The van der Waals surface area contributed by atoms with Gasteiger partial charge >= 0.3 is 0 Å². The van der Waals surface area contributed by atoms with Crippen LogP contribution in [0.2, 0.25) is 0 Å². The minimum absolute atomic E-state index is 0.122. The Labute approximate surface area is 200 Å². The van der Waals surface area contributed by atoms with Crippen LogP contribution < -0.4 is 10.6 Å². The van der Waals surface area contributed by atoms with Gasteiger partial charge in [0, 0.05) is 46.5 Å². The Morgan fingerprint density at radius 1 is 0.706 bits per heavy atom. The highest BCUT2D eigenvalue weighted by Crippen LogP contribution is 2.68. The maximum atomic E-state index is 12.8. The van der Waals surface area contributed by atoms with E-state index in [9.17, 15) is 19.2 Å². The number of hydrogen-bond donors (Lipinski definition) is 2. The average Bonchev–Trinajstić information content (AvgIpc) is 3.27. The summed E-state index contributed by atoms with van der Waals surface area (Å²) < 4.78 is 0. The average molecular weight is 461 g/mol. The van der Waals surface area contributed by atoms with Gasteiger partial charge in [0.1, 0.15) is 0 Å². The van der Waals surface area contributed by atoms with Crippen molar-refractivity contribution in [2.45, 2.75) is 54.4 Å². The minimum atomic E-state index is -0.302. The van der Waals surface area contributed by atoms with Gasteiger partial charge in [-0.1, -0.05) is 27.7 Å². The van der Waals surface area contributed by atoms with Crippen LogP contribution >= 0.6 is 0 Å². The molecule has 2 N–H and O–H groups in total. The van der Waals surface area contributed by atoms with E-state index in [1.54, 1.807) is 38.1 Å². The summed E-state index contributed by atoms with van der Waals surface area (Å²) in [5.74, 6) is 0.880. The fourth-order valence-corrected chi connectivity index (χ4v) is 6.64. The Hall–Kier alpha value is -3.02. The number of fused-ring (bicyclic) bond motifs is 2. The van der Waals surface area contributed by atoms with Gasteiger partial charge in [-0.3, -0.25) is 19.2 Å². The van der Waals surface area contributed by atoms with Crippen LogP contribution in [-0.4, -0.2) is 23.4 Å². The molecule has 0 saturated heterocycles. The molecule has 5 rings (SSSR count). The van der Waals surface area contributed by atoms with Gasteiger partial charge in [-0.2, -0.15) is 0 Å². The molecule has 4 aliphatic rings. The first-order valence-electron chi connectivity index (χ1n) is 12.1. The first-order valence-corrected chi connectivity index (χ1v) is 12.1. The SMILES string of the molecule is CC(NC(=O)c1ccc(C(=O)NC(C)=C2C(=O)C[C@H]3[C@H]2C3(C)C)cc1)=C1C(=O)C[C@H]2[C@H]1C2(C)C. The summed E-state index contributed by atoms with van der Waals surface area (Å²) in [7, 11) is 0. The maximum absolute atomic E-state index is 12.8. The van der Waals surface area contributed by atoms with Crippen molar-refractivity contribution in [3.63, 3.8) is 0 Å². The van der Waals surface area contributed by atoms with Crippen molar-refractivity contribution in [1.82, 2.24) is 10.6 Å². The molecule has 0 spiro atoms. The van der Waals surface area contributed by atoms with Crippen LogP contribution in [0.1, 0.15) is 75.1 Å². The molecule has 34 heavy (non-hydrogen) atoms. The zero-order chi connectivity index (χ0) is 24.7. The number of rotatable bonds is 4. The highest BCUT2D eigenvalue weighted by atomic mass is 16.2. The molecule has 0 radical (unpaired) electrons. The fraction of sp³-hybridized carbons (Fsp3) is 0.500. The van der Waals surface area contributed by atoms with E-state index in [1.807, 2.05) is 0 Å². The lowest BCUT2D eigenvalue weighted by Gasteiger charge is -2.14. The lowest BCUT2D eigenvalue weighted by atomic mass is 9.95. The molecule has 0 heterocycles. The van der Waals surface area contributed by atoms with Gasteiger partial charge in [0.2, 0.25) is 0 Å². The monoisotopic (exact) mass is 460 g/mol. The lowest BCUT2D eigenvalue weighted by molar-refractivity contribution is -0.116. The van der Waals surface area contributed by atoms with Gasteiger partial charge in [-0.25, -0.2) is 0 Å².